The minimum atomic E-state index is -1.24. The SMILES string of the molecule is COC(=O)COc1ccc([S+]2CCCC2)c2ccccc12.C[S+](c1ccc(C(C)(C)C)cc1)c1ccc(C(C)(C)C)cc1.Cc1cc([S+](c2ccccc2)c2ccccc2)cc(C)c1OC(=O)C12CCC(C)(C(=O)O1)C2(C)C. The fourth-order valence-electron chi connectivity index (χ4n) is 10.7. The molecule has 2 bridgehead atoms. The summed E-state index contributed by atoms with van der Waals surface area (Å²) in [6, 6.07) is 55.9. The van der Waals surface area contributed by atoms with Crippen molar-refractivity contribution < 1.29 is 33.3 Å². The van der Waals surface area contributed by atoms with Crippen molar-refractivity contribution in [3.63, 3.8) is 0 Å². The molecular formula is C68H79O7S3+3. The maximum atomic E-state index is 13.6. The second-order valence-electron chi connectivity index (χ2n) is 23.5. The second-order valence-corrected chi connectivity index (χ2v) is 29.8. The summed E-state index contributed by atoms with van der Waals surface area (Å²) in [5, 5.41) is 2.34. The quantitative estimate of drug-likeness (QED) is 0.0724. The molecule has 0 aromatic heterocycles. The average molecular weight is 1100 g/mol. The molecular weight excluding hydrogens is 1020 g/mol. The summed E-state index contributed by atoms with van der Waals surface area (Å²) < 4.78 is 22.0. The summed E-state index contributed by atoms with van der Waals surface area (Å²) in [6.45, 7) is 23.3. The summed E-state index contributed by atoms with van der Waals surface area (Å²) in [6.07, 6.45) is 6.10. The highest BCUT2D eigenvalue weighted by Crippen LogP contribution is 2.66. The van der Waals surface area contributed by atoms with Crippen LogP contribution in [0.15, 0.2) is 187 Å². The van der Waals surface area contributed by atoms with Gasteiger partial charge in [-0.05, 0) is 146 Å². The number of esters is 3. The van der Waals surface area contributed by atoms with Crippen molar-refractivity contribution in [1.82, 2.24) is 0 Å². The maximum Gasteiger partial charge on any atom is 0.356 e. The number of ether oxygens (including phenoxy) is 4. The number of aryl methyl sites for hydroxylation is 2. The van der Waals surface area contributed by atoms with Crippen molar-refractivity contribution in [2.45, 2.75) is 148 Å². The third kappa shape index (κ3) is 12.1. The van der Waals surface area contributed by atoms with Gasteiger partial charge < -0.3 is 18.9 Å². The lowest BCUT2D eigenvalue weighted by Gasteiger charge is -2.34. The third-order valence-electron chi connectivity index (χ3n) is 16.1. The Morgan fingerprint density at radius 2 is 1.10 bits per heavy atom. The molecule has 7 aromatic rings. The van der Waals surface area contributed by atoms with Gasteiger partial charge >= 0.3 is 17.9 Å². The van der Waals surface area contributed by atoms with Gasteiger partial charge in [0.05, 0.1) is 34.3 Å². The van der Waals surface area contributed by atoms with E-state index in [4.69, 9.17) is 14.2 Å². The normalized spacial score (nSPS) is 18.7. The summed E-state index contributed by atoms with van der Waals surface area (Å²) in [4.78, 5) is 45.3. The van der Waals surface area contributed by atoms with Crippen LogP contribution in [0.3, 0.4) is 0 Å². The summed E-state index contributed by atoms with van der Waals surface area (Å²) in [5.74, 6) is 2.76. The number of methoxy groups -OCH3 is 1. The molecule has 7 aromatic carbocycles. The zero-order valence-electron chi connectivity index (χ0n) is 48.0. The van der Waals surface area contributed by atoms with E-state index in [0.717, 1.165) is 27.2 Å². The summed E-state index contributed by atoms with van der Waals surface area (Å²) in [7, 11) is 1.57. The largest absolute Gasteiger partial charge is 0.481 e. The van der Waals surface area contributed by atoms with Gasteiger partial charge in [-0.25, -0.2) is 9.59 Å². The number of hydrogen-bond acceptors (Lipinski definition) is 7. The molecule has 1 aliphatic carbocycles. The van der Waals surface area contributed by atoms with Crippen LogP contribution in [0, 0.1) is 24.7 Å². The first kappa shape index (κ1) is 58.2. The molecule has 10 rings (SSSR count). The lowest BCUT2D eigenvalue weighted by Crippen LogP contribution is -2.50. The Morgan fingerprint density at radius 1 is 0.615 bits per heavy atom. The standard InChI is InChI=1S/C30H31O4S.C21H29S.C17H19O3S/c1-20-18-24(35(22-12-8-6-9-13-22)23-14-10-7-11-15-23)19-21(2)25(20)33-27(32)30-17-16-29(5,26(31)34-30)28(30,3)4;1-20(2,3)16-8-12-18(13-9-16)22(7)19-14-10-17(11-15-19)21(4,5)6;1-19-17(18)12-20-15-8-9-16(21-10-4-5-11-21)14-7-3-2-6-13(14)15/h6-15,18-19H,16-17H2,1-5H3;8-15H,1-7H3;2-3,6-9H,4-5,10-12H2,1H3/q3*+1. The highest BCUT2D eigenvalue weighted by Gasteiger charge is 2.76. The minimum Gasteiger partial charge on any atom is -0.481 e. The van der Waals surface area contributed by atoms with Crippen LogP contribution in [0.5, 0.6) is 11.5 Å². The molecule has 2 unspecified atom stereocenters. The van der Waals surface area contributed by atoms with Crippen molar-refractivity contribution in [2.75, 3.05) is 31.5 Å². The van der Waals surface area contributed by atoms with E-state index in [9.17, 15) is 14.4 Å². The highest BCUT2D eigenvalue weighted by molar-refractivity contribution is 7.97. The van der Waals surface area contributed by atoms with E-state index in [0.29, 0.717) is 29.5 Å². The Hall–Kier alpha value is -5.94. The van der Waals surface area contributed by atoms with Gasteiger partial charge in [0.1, 0.15) is 29.3 Å². The molecule has 2 aliphatic heterocycles. The van der Waals surface area contributed by atoms with Crippen LogP contribution in [-0.2, 0) is 67.4 Å². The monoisotopic (exact) mass is 1100 g/mol. The van der Waals surface area contributed by atoms with E-state index in [1.807, 2.05) is 58.9 Å². The Morgan fingerprint density at radius 3 is 1.55 bits per heavy atom. The second kappa shape index (κ2) is 23.8. The number of hydrogen-bond donors (Lipinski definition) is 0. The Kier molecular flexibility index (Phi) is 17.8. The van der Waals surface area contributed by atoms with Gasteiger partial charge in [-0.2, -0.15) is 0 Å². The predicted molar refractivity (Wildman–Crippen MR) is 323 cm³/mol. The van der Waals surface area contributed by atoms with E-state index < -0.39 is 22.4 Å². The van der Waals surface area contributed by atoms with Crippen LogP contribution in [0.25, 0.3) is 10.8 Å². The fraction of sp³-hybridized carbons (Fsp3) is 0.368. The first-order valence-corrected chi connectivity index (χ1v) is 31.6. The topological polar surface area (TPSA) is 88.1 Å². The molecule has 2 heterocycles. The van der Waals surface area contributed by atoms with Crippen LogP contribution in [0.4, 0.5) is 0 Å². The first-order valence-electron chi connectivity index (χ1n) is 27.2. The van der Waals surface area contributed by atoms with E-state index in [1.165, 1.54) is 72.4 Å². The summed E-state index contributed by atoms with van der Waals surface area (Å²) in [5.41, 5.74) is 2.47. The predicted octanol–water partition coefficient (Wildman–Crippen LogP) is 15.5. The number of rotatable bonds is 11. The highest BCUT2D eigenvalue weighted by atomic mass is 32.2. The van der Waals surface area contributed by atoms with Gasteiger partial charge in [0.15, 0.2) is 36.0 Å². The molecule has 0 spiro atoms. The van der Waals surface area contributed by atoms with E-state index >= 15 is 0 Å². The Balaban J connectivity index is 0.000000163. The zero-order valence-corrected chi connectivity index (χ0v) is 50.5. The van der Waals surface area contributed by atoms with Crippen molar-refractivity contribution >= 4 is 61.4 Å². The number of carbonyl (C=O) groups is 3. The zero-order chi connectivity index (χ0) is 56.2. The third-order valence-corrected chi connectivity index (χ3v) is 22.8. The average Bonchev–Trinajstić information content (AvgIpc) is 3.43. The van der Waals surface area contributed by atoms with Crippen molar-refractivity contribution in [2.24, 2.45) is 10.8 Å². The molecule has 3 aliphatic rings. The van der Waals surface area contributed by atoms with Gasteiger partial charge in [0, 0.05) is 39.2 Å². The van der Waals surface area contributed by atoms with E-state index in [-0.39, 0.29) is 51.2 Å². The minimum absolute atomic E-state index is 0.0500. The van der Waals surface area contributed by atoms with Gasteiger partial charge in [-0.15, -0.1) is 0 Å². The van der Waals surface area contributed by atoms with Crippen LogP contribution < -0.4 is 9.47 Å². The lowest BCUT2D eigenvalue weighted by molar-refractivity contribution is -0.176. The molecule has 78 heavy (non-hydrogen) atoms. The van der Waals surface area contributed by atoms with E-state index in [2.05, 4.69) is 186 Å². The lowest BCUT2D eigenvalue weighted by atomic mass is 9.66. The fourth-order valence-corrected chi connectivity index (χ4v) is 16.9. The van der Waals surface area contributed by atoms with Gasteiger partial charge in [0.25, 0.3) is 0 Å². The number of fused-ring (bicyclic) bond motifs is 3. The summed E-state index contributed by atoms with van der Waals surface area (Å²) >= 11 is 0. The molecule has 1 saturated carbocycles. The molecule has 0 radical (unpaired) electrons. The molecule has 408 valence electrons. The van der Waals surface area contributed by atoms with Gasteiger partial charge in [0.2, 0.25) is 5.60 Å². The van der Waals surface area contributed by atoms with Crippen molar-refractivity contribution in [1.29, 1.82) is 0 Å². The molecule has 10 heteroatoms. The Labute approximate surface area is 473 Å². The smallest absolute Gasteiger partial charge is 0.356 e. The van der Waals surface area contributed by atoms with Crippen LogP contribution in [0.2, 0.25) is 0 Å². The number of benzene rings is 7. The van der Waals surface area contributed by atoms with Crippen LogP contribution >= 0.6 is 0 Å². The molecule has 7 nitrogen and oxygen atoms in total. The maximum absolute atomic E-state index is 13.6. The first-order chi connectivity index (χ1) is 37.0. The molecule has 2 saturated heterocycles. The van der Waals surface area contributed by atoms with Crippen molar-refractivity contribution in [3.8, 4) is 11.5 Å². The van der Waals surface area contributed by atoms with Crippen molar-refractivity contribution in [3.05, 3.63) is 180 Å². The Bertz CT molecular complexity index is 3110. The van der Waals surface area contributed by atoms with Crippen LogP contribution in [-0.4, -0.2) is 55.0 Å². The molecule has 0 amide bonds. The molecule has 3 fully saturated rings. The van der Waals surface area contributed by atoms with Gasteiger partial charge in [-0.1, -0.05) is 134 Å². The molecule has 0 N–H and O–H groups in total. The van der Waals surface area contributed by atoms with Crippen LogP contribution in [0.1, 0.15) is 110 Å². The molecule has 2 atom stereocenters. The number of carbonyl (C=O) groups excluding carboxylic acids is 3. The van der Waals surface area contributed by atoms with E-state index in [1.54, 1.807) is 0 Å². The van der Waals surface area contributed by atoms with Gasteiger partial charge in [-0.3, -0.25) is 4.79 Å².